The molecule has 7 nitrogen and oxygen atoms in total. The lowest BCUT2D eigenvalue weighted by Gasteiger charge is -2.19. The van der Waals surface area contributed by atoms with Gasteiger partial charge in [0.1, 0.15) is 11.5 Å². The molecule has 0 spiro atoms. The number of ketones is 1. The zero-order valence-corrected chi connectivity index (χ0v) is 21.5. The van der Waals surface area contributed by atoms with Gasteiger partial charge in [-0.1, -0.05) is 13.8 Å². The molecule has 0 heterocycles. The Labute approximate surface area is 196 Å². The van der Waals surface area contributed by atoms with Gasteiger partial charge >= 0.3 is 7.60 Å². The molecule has 0 aliphatic rings. The van der Waals surface area contributed by atoms with Crippen molar-refractivity contribution in [3.63, 3.8) is 0 Å². The Hall–Kier alpha value is -2.18. The summed E-state index contributed by atoms with van der Waals surface area (Å²) in [5, 5.41) is 0. The van der Waals surface area contributed by atoms with E-state index in [1.54, 1.807) is 39.2 Å². The van der Waals surface area contributed by atoms with Crippen molar-refractivity contribution in [2.45, 2.75) is 47.5 Å². The Bertz CT molecular complexity index is 967. The van der Waals surface area contributed by atoms with Gasteiger partial charge in [0.15, 0.2) is 18.9 Å². The Morgan fingerprint density at radius 2 is 1.58 bits per heavy atom. The van der Waals surface area contributed by atoms with Gasteiger partial charge in [0.25, 0.3) is 0 Å². The minimum absolute atomic E-state index is 0.0777. The van der Waals surface area contributed by atoms with Crippen LogP contribution in [0.15, 0.2) is 30.3 Å². The molecule has 2 aromatic rings. The van der Waals surface area contributed by atoms with Crippen LogP contribution in [0.4, 0.5) is 0 Å². The maximum Gasteiger partial charge on any atom is 0.367 e. The Kier molecular flexibility index (Phi) is 10.1. The topological polar surface area (TPSA) is 80.3 Å². The number of hydrogen-bond acceptors (Lipinski definition) is 7. The van der Waals surface area contributed by atoms with Crippen LogP contribution >= 0.6 is 7.60 Å². The molecule has 0 aliphatic carbocycles. The molecule has 0 amide bonds. The molecule has 0 N–H and O–H groups in total. The second-order valence-electron chi connectivity index (χ2n) is 7.94. The van der Waals surface area contributed by atoms with Crippen LogP contribution in [-0.2, 0) is 18.3 Å². The SMILES string of the molecule is CCOP(=O)(COc1cc(C)c(C(=O)c2ccc(OCOC)c(C(C)C)c2)c(C)c1)OCC. The van der Waals surface area contributed by atoms with Crippen molar-refractivity contribution in [2.75, 3.05) is 33.5 Å². The van der Waals surface area contributed by atoms with Crippen LogP contribution in [0.25, 0.3) is 0 Å². The van der Waals surface area contributed by atoms with Gasteiger partial charge in [-0.25, -0.2) is 0 Å². The van der Waals surface area contributed by atoms with E-state index in [1.165, 1.54) is 0 Å². The average Bonchev–Trinajstić information content (AvgIpc) is 2.76. The van der Waals surface area contributed by atoms with Gasteiger partial charge in [-0.2, -0.15) is 0 Å². The van der Waals surface area contributed by atoms with Gasteiger partial charge in [0, 0.05) is 18.2 Å². The van der Waals surface area contributed by atoms with Crippen LogP contribution in [0.2, 0.25) is 0 Å². The van der Waals surface area contributed by atoms with Crippen LogP contribution in [0.5, 0.6) is 11.5 Å². The summed E-state index contributed by atoms with van der Waals surface area (Å²) in [7, 11) is -1.76. The Morgan fingerprint density at radius 3 is 2.09 bits per heavy atom. The van der Waals surface area contributed by atoms with Crippen LogP contribution in [0, 0.1) is 13.8 Å². The molecule has 0 bridgehead atoms. The number of aryl methyl sites for hydroxylation is 2. The fourth-order valence-electron chi connectivity index (χ4n) is 3.56. The van der Waals surface area contributed by atoms with E-state index < -0.39 is 7.60 Å². The van der Waals surface area contributed by atoms with Crippen LogP contribution in [0.1, 0.15) is 66.2 Å². The highest BCUT2D eigenvalue weighted by molar-refractivity contribution is 7.53. The predicted molar refractivity (Wildman–Crippen MR) is 129 cm³/mol. The third-order valence-corrected chi connectivity index (χ3v) is 6.75. The highest BCUT2D eigenvalue weighted by Gasteiger charge is 2.25. The quantitative estimate of drug-likeness (QED) is 0.191. The highest BCUT2D eigenvalue weighted by Crippen LogP contribution is 2.48. The summed E-state index contributed by atoms with van der Waals surface area (Å²) in [6.07, 6.45) is -0.193. The summed E-state index contributed by atoms with van der Waals surface area (Å²) in [5.41, 5.74) is 3.67. The van der Waals surface area contributed by atoms with E-state index >= 15 is 0 Å². The van der Waals surface area contributed by atoms with E-state index in [9.17, 15) is 9.36 Å². The first-order valence-corrected chi connectivity index (χ1v) is 12.8. The molecular weight excluding hydrogens is 443 g/mol. The van der Waals surface area contributed by atoms with Gasteiger partial charge in [-0.15, -0.1) is 0 Å². The lowest BCUT2D eigenvalue weighted by atomic mass is 9.92. The Balaban J connectivity index is 2.30. The molecule has 0 fully saturated rings. The fraction of sp³-hybridized carbons (Fsp3) is 0.480. The van der Waals surface area contributed by atoms with E-state index in [1.807, 2.05) is 26.0 Å². The first kappa shape index (κ1) is 27.1. The first-order valence-electron chi connectivity index (χ1n) is 11.1. The highest BCUT2D eigenvalue weighted by atomic mass is 31.2. The van der Waals surface area contributed by atoms with Crippen molar-refractivity contribution in [3.8, 4) is 11.5 Å². The zero-order chi connectivity index (χ0) is 24.6. The molecule has 0 saturated heterocycles. The molecule has 0 unspecified atom stereocenters. The zero-order valence-electron chi connectivity index (χ0n) is 20.6. The second-order valence-corrected chi connectivity index (χ2v) is 9.94. The van der Waals surface area contributed by atoms with Crippen LogP contribution < -0.4 is 9.47 Å². The van der Waals surface area contributed by atoms with E-state index in [0.29, 0.717) is 22.6 Å². The van der Waals surface area contributed by atoms with E-state index in [4.69, 9.17) is 23.3 Å². The average molecular weight is 479 g/mol. The lowest BCUT2D eigenvalue weighted by Crippen LogP contribution is -2.10. The smallest absolute Gasteiger partial charge is 0.367 e. The minimum Gasteiger partial charge on any atom is -0.481 e. The molecule has 182 valence electrons. The lowest BCUT2D eigenvalue weighted by molar-refractivity contribution is 0.0502. The predicted octanol–water partition coefficient (Wildman–Crippen LogP) is 6.24. The third-order valence-electron chi connectivity index (χ3n) is 5.00. The van der Waals surface area contributed by atoms with Crippen LogP contribution in [-0.4, -0.2) is 39.2 Å². The van der Waals surface area contributed by atoms with Crippen molar-refractivity contribution in [3.05, 3.63) is 58.1 Å². The number of ether oxygens (including phenoxy) is 3. The maximum atomic E-state index is 13.4. The number of carbonyl (C=O) groups is 1. The van der Waals surface area contributed by atoms with Crippen molar-refractivity contribution < 1.29 is 32.6 Å². The van der Waals surface area contributed by atoms with Gasteiger partial charge in [0.2, 0.25) is 0 Å². The molecule has 0 atom stereocenters. The third kappa shape index (κ3) is 7.15. The van der Waals surface area contributed by atoms with Crippen molar-refractivity contribution in [1.29, 1.82) is 0 Å². The number of carbonyl (C=O) groups excluding carboxylic acids is 1. The Morgan fingerprint density at radius 1 is 0.970 bits per heavy atom. The molecule has 33 heavy (non-hydrogen) atoms. The van der Waals surface area contributed by atoms with E-state index in [2.05, 4.69) is 13.8 Å². The summed E-state index contributed by atoms with van der Waals surface area (Å²) in [4.78, 5) is 13.4. The molecule has 0 saturated carbocycles. The largest absolute Gasteiger partial charge is 0.481 e. The molecular formula is C25H35O7P. The van der Waals surface area contributed by atoms with E-state index in [-0.39, 0.29) is 38.1 Å². The number of hydrogen-bond donors (Lipinski definition) is 0. The minimum atomic E-state index is -3.33. The molecule has 2 rings (SSSR count). The summed E-state index contributed by atoms with van der Waals surface area (Å²) >= 11 is 0. The molecule has 0 aromatic heterocycles. The van der Waals surface area contributed by atoms with Gasteiger partial charge < -0.3 is 23.3 Å². The summed E-state index contributed by atoms with van der Waals surface area (Å²) in [5.74, 6) is 1.31. The maximum absolute atomic E-state index is 13.4. The van der Waals surface area contributed by atoms with Crippen molar-refractivity contribution in [2.24, 2.45) is 0 Å². The molecule has 0 radical (unpaired) electrons. The number of rotatable bonds is 13. The van der Waals surface area contributed by atoms with Crippen LogP contribution in [0.3, 0.4) is 0 Å². The van der Waals surface area contributed by atoms with Gasteiger partial charge in [0.05, 0.1) is 13.2 Å². The monoisotopic (exact) mass is 478 g/mol. The molecule has 2 aromatic carbocycles. The fourth-order valence-corrected chi connectivity index (χ4v) is 4.88. The molecule has 0 aliphatic heterocycles. The summed E-state index contributed by atoms with van der Waals surface area (Å²) < 4.78 is 39.6. The summed E-state index contributed by atoms with van der Waals surface area (Å²) in [6.45, 7) is 12.0. The van der Waals surface area contributed by atoms with Crippen molar-refractivity contribution >= 4 is 13.4 Å². The van der Waals surface area contributed by atoms with Gasteiger partial charge in [-0.3, -0.25) is 9.36 Å². The summed E-state index contributed by atoms with van der Waals surface area (Å²) in [6, 6.07) is 8.98. The number of benzene rings is 2. The number of methoxy groups -OCH3 is 1. The van der Waals surface area contributed by atoms with E-state index in [0.717, 1.165) is 16.7 Å². The normalized spacial score (nSPS) is 11.6. The standard InChI is InChI=1S/C25H35O7P/c1-8-31-33(27,32-9-2)16-30-21-12-18(5)24(19(6)13-21)25(26)20-10-11-23(29-15-28-7)22(14-20)17(3)4/h10-14,17H,8-9,15-16H2,1-7H3. The van der Waals surface area contributed by atoms with Crippen molar-refractivity contribution in [1.82, 2.24) is 0 Å². The first-order chi connectivity index (χ1) is 15.7. The van der Waals surface area contributed by atoms with Gasteiger partial charge in [-0.05, 0) is 80.6 Å². The molecule has 8 heteroatoms. The second kappa shape index (κ2) is 12.3.